The maximum atomic E-state index is 11.7. The molecular weight excluding hydrogens is 224 g/mol. The number of morpholine rings is 1. The second kappa shape index (κ2) is 3.70. The van der Waals surface area contributed by atoms with E-state index >= 15 is 0 Å². The van der Waals surface area contributed by atoms with E-state index in [9.17, 15) is 4.79 Å². The molecule has 0 saturated carbocycles. The van der Waals surface area contributed by atoms with Crippen molar-refractivity contribution in [3.8, 4) is 0 Å². The summed E-state index contributed by atoms with van der Waals surface area (Å²) in [4.78, 5) is 13.3. The third-order valence-corrected chi connectivity index (χ3v) is 2.70. The number of ether oxygens (including phenoxy) is 1. The molecule has 88 valence electrons. The van der Waals surface area contributed by atoms with Crippen LogP contribution in [0.5, 0.6) is 0 Å². The number of fused-ring (bicyclic) bond motifs is 1. The predicted octanol–water partition coefficient (Wildman–Crippen LogP) is 0.168. The van der Waals surface area contributed by atoms with Crippen LogP contribution in [0.2, 0.25) is 0 Å². The number of benzene rings is 1. The first-order chi connectivity index (χ1) is 8.27. The summed E-state index contributed by atoms with van der Waals surface area (Å²) in [5.74, 6) is -0.106. The highest BCUT2D eigenvalue weighted by Gasteiger charge is 2.24. The minimum Gasteiger partial charge on any atom is -0.397 e. The molecule has 2 aromatic rings. The minimum absolute atomic E-state index is 0.0805. The first-order valence-corrected chi connectivity index (χ1v) is 5.16. The van der Waals surface area contributed by atoms with Crippen LogP contribution < -0.4 is 10.6 Å². The van der Waals surface area contributed by atoms with E-state index in [1.807, 2.05) is 0 Å². The summed E-state index contributed by atoms with van der Waals surface area (Å²) >= 11 is 0. The van der Waals surface area contributed by atoms with Crippen LogP contribution in [0.1, 0.15) is 0 Å². The third kappa shape index (κ3) is 1.51. The molecule has 17 heavy (non-hydrogen) atoms. The molecule has 0 atom stereocenters. The largest absolute Gasteiger partial charge is 0.397 e. The average Bonchev–Trinajstić information content (AvgIpc) is 2.81. The van der Waals surface area contributed by atoms with Gasteiger partial charge in [-0.1, -0.05) is 0 Å². The van der Waals surface area contributed by atoms with Crippen LogP contribution >= 0.6 is 0 Å². The maximum Gasteiger partial charge on any atom is 0.253 e. The van der Waals surface area contributed by atoms with Gasteiger partial charge in [-0.3, -0.25) is 4.79 Å². The summed E-state index contributed by atoms with van der Waals surface area (Å²) in [6.07, 6.45) is 0. The zero-order valence-corrected chi connectivity index (χ0v) is 8.92. The fourth-order valence-electron chi connectivity index (χ4n) is 1.86. The highest BCUT2D eigenvalue weighted by atomic mass is 16.6. The van der Waals surface area contributed by atoms with Crippen molar-refractivity contribution in [1.29, 1.82) is 0 Å². The van der Waals surface area contributed by atoms with E-state index in [4.69, 9.17) is 10.5 Å². The Kier molecular flexibility index (Phi) is 2.19. The topological polar surface area (TPSA) is 94.5 Å². The van der Waals surface area contributed by atoms with Crippen molar-refractivity contribution < 1.29 is 14.2 Å². The fraction of sp³-hybridized carbons (Fsp3) is 0.300. The second-order valence-corrected chi connectivity index (χ2v) is 3.73. The first-order valence-electron chi connectivity index (χ1n) is 5.16. The number of aromatic nitrogens is 2. The molecule has 1 fully saturated rings. The Hall–Kier alpha value is -2.15. The Morgan fingerprint density at radius 3 is 2.94 bits per heavy atom. The van der Waals surface area contributed by atoms with Crippen molar-refractivity contribution in [1.82, 2.24) is 10.3 Å². The number of hydrogen-bond donors (Lipinski definition) is 1. The number of anilines is 2. The van der Waals surface area contributed by atoms with E-state index in [2.05, 4.69) is 14.9 Å². The van der Waals surface area contributed by atoms with Gasteiger partial charge in [-0.15, -0.1) is 0 Å². The molecule has 1 aromatic carbocycles. The van der Waals surface area contributed by atoms with Crippen molar-refractivity contribution >= 4 is 28.3 Å². The van der Waals surface area contributed by atoms with Crippen molar-refractivity contribution in [2.75, 3.05) is 30.4 Å². The van der Waals surface area contributed by atoms with Gasteiger partial charge < -0.3 is 15.4 Å². The summed E-state index contributed by atoms with van der Waals surface area (Å²) in [5.41, 5.74) is 7.85. The quantitative estimate of drug-likeness (QED) is 0.707. The van der Waals surface area contributed by atoms with E-state index < -0.39 is 0 Å². The smallest absolute Gasteiger partial charge is 0.253 e. The highest BCUT2D eigenvalue weighted by molar-refractivity contribution is 6.04. The SMILES string of the molecule is Nc1ccc(N2CCOCC2=O)c2nonc12. The Labute approximate surface area is 96.1 Å². The molecule has 7 heteroatoms. The fourth-order valence-corrected chi connectivity index (χ4v) is 1.86. The number of hydrogen-bond acceptors (Lipinski definition) is 6. The summed E-state index contributed by atoms with van der Waals surface area (Å²) in [6, 6.07) is 3.43. The molecule has 0 radical (unpaired) electrons. The predicted molar refractivity (Wildman–Crippen MR) is 59.4 cm³/mol. The lowest BCUT2D eigenvalue weighted by Crippen LogP contribution is -2.41. The van der Waals surface area contributed by atoms with Crippen LogP contribution in [0.3, 0.4) is 0 Å². The number of carbonyl (C=O) groups is 1. The van der Waals surface area contributed by atoms with Crippen molar-refractivity contribution in [3.05, 3.63) is 12.1 Å². The first kappa shape index (κ1) is 10.0. The zero-order valence-electron chi connectivity index (χ0n) is 8.92. The van der Waals surface area contributed by atoms with Gasteiger partial charge in [-0.2, -0.15) is 0 Å². The Balaban J connectivity index is 2.13. The van der Waals surface area contributed by atoms with E-state index in [1.165, 1.54) is 0 Å². The van der Waals surface area contributed by atoms with Crippen LogP contribution in [0, 0.1) is 0 Å². The van der Waals surface area contributed by atoms with Crippen LogP contribution in [0.25, 0.3) is 11.0 Å². The molecule has 0 unspecified atom stereocenters. The maximum absolute atomic E-state index is 11.7. The van der Waals surface area contributed by atoms with Crippen LogP contribution in [-0.4, -0.2) is 36.0 Å². The number of nitrogens with zero attached hydrogens (tertiary/aromatic N) is 3. The second-order valence-electron chi connectivity index (χ2n) is 3.73. The molecule has 1 aromatic heterocycles. The molecule has 0 spiro atoms. The highest BCUT2D eigenvalue weighted by Crippen LogP contribution is 2.28. The lowest BCUT2D eigenvalue weighted by Gasteiger charge is -2.26. The van der Waals surface area contributed by atoms with E-state index in [1.54, 1.807) is 17.0 Å². The van der Waals surface area contributed by atoms with Crippen molar-refractivity contribution in [3.63, 3.8) is 0 Å². The average molecular weight is 234 g/mol. The Morgan fingerprint density at radius 2 is 2.12 bits per heavy atom. The molecule has 2 heterocycles. The van der Waals surface area contributed by atoms with Gasteiger partial charge in [-0.25, -0.2) is 4.63 Å². The van der Waals surface area contributed by atoms with Gasteiger partial charge in [-0.05, 0) is 22.4 Å². The van der Waals surface area contributed by atoms with Gasteiger partial charge in [0.2, 0.25) is 0 Å². The van der Waals surface area contributed by atoms with Crippen molar-refractivity contribution in [2.24, 2.45) is 0 Å². The van der Waals surface area contributed by atoms with E-state index in [-0.39, 0.29) is 12.5 Å². The molecule has 2 N–H and O–H groups in total. The van der Waals surface area contributed by atoms with Gasteiger partial charge in [0.1, 0.15) is 6.61 Å². The summed E-state index contributed by atoms with van der Waals surface area (Å²) in [5, 5.41) is 7.51. The summed E-state index contributed by atoms with van der Waals surface area (Å²) < 4.78 is 9.74. The number of amides is 1. The van der Waals surface area contributed by atoms with Gasteiger partial charge in [0.25, 0.3) is 5.91 Å². The lowest BCUT2D eigenvalue weighted by atomic mass is 10.2. The summed E-state index contributed by atoms with van der Waals surface area (Å²) in [6.45, 7) is 1.07. The molecule has 1 amide bonds. The Morgan fingerprint density at radius 1 is 1.29 bits per heavy atom. The number of nitrogens with two attached hydrogens (primary N) is 1. The molecule has 3 rings (SSSR count). The lowest BCUT2D eigenvalue weighted by molar-refractivity contribution is -0.125. The molecule has 0 aliphatic carbocycles. The normalized spacial score (nSPS) is 16.7. The number of carbonyl (C=O) groups excluding carboxylic acids is 1. The van der Waals surface area contributed by atoms with Crippen LogP contribution in [0.4, 0.5) is 11.4 Å². The molecule has 1 saturated heterocycles. The van der Waals surface area contributed by atoms with Crippen molar-refractivity contribution in [2.45, 2.75) is 0 Å². The molecule has 7 nitrogen and oxygen atoms in total. The van der Waals surface area contributed by atoms with Gasteiger partial charge in [0.15, 0.2) is 11.0 Å². The van der Waals surface area contributed by atoms with E-state index in [0.29, 0.717) is 35.6 Å². The summed E-state index contributed by atoms with van der Waals surface area (Å²) in [7, 11) is 0. The standard InChI is InChI=1S/C10H10N4O3/c11-6-1-2-7(10-9(6)12-17-13-10)14-3-4-16-5-8(14)15/h1-2H,3-5,11H2. The molecule has 1 aliphatic heterocycles. The molecule has 0 bridgehead atoms. The van der Waals surface area contributed by atoms with Crippen LogP contribution in [-0.2, 0) is 9.53 Å². The monoisotopic (exact) mass is 234 g/mol. The van der Waals surface area contributed by atoms with Gasteiger partial charge in [0, 0.05) is 6.54 Å². The van der Waals surface area contributed by atoms with E-state index in [0.717, 1.165) is 0 Å². The zero-order chi connectivity index (χ0) is 11.8. The van der Waals surface area contributed by atoms with Crippen LogP contribution in [0.15, 0.2) is 16.8 Å². The van der Waals surface area contributed by atoms with Gasteiger partial charge >= 0.3 is 0 Å². The Bertz CT molecular complexity index is 580. The minimum atomic E-state index is -0.106. The van der Waals surface area contributed by atoms with Gasteiger partial charge in [0.05, 0.1) is 18.0 Å². The molecule has 1 aliphatic rings. The molecular formula is C10H10N4O3. The number of rotatable bonds is 1. The number of nitrogen functional groups attached to an aromatic ring is 1. The third-order valence-electron chi connectivity index (χ3n) is 2.70.